The lowest BCUT2D eigenvalue weighted by atomic mass is 10.3. The molecule has 9 heteroatoms. The number of hydrogen-bond donors (Lipinski definition) is 1. The summed E-state index contributed by atoms with van der Waals surface area (Å²) in [6, 6.07) is 3.02. The van der Waals surface area contributed by atoms with Crippen molar-refractivity contribution >= 4 is 17.7 Å². The molecule has 2 rings (SSSR count). The number of guanidine groups is 1. The Bertz CT molecular complexity index is 501. The van der Waals surface area contributed by atoms with Crippen LogP contribution in [0.25, 0.3) is 0 Å². The Balaban J connectivity index is 1.85. The highest BCUT2D eigenvalue weighted by Crippen LogP contribution is 2.17. The zero-order valence-electron chi connectivity index (χ0n) is 11.8. The van der Waals surface area contributed by atoms with Crippen molar-refractivity contribution in [3.8, 4) is 5.88 Å². The second-order valence-electron chi connectivity index (χ2n) is 4.68. The number of aliphatic imine (C=N–C) groups is 1. The van der Waals surface area contributed by atoms with Gasteiger partial charge in [0.2, 0.25) is 5.88 Å². The lowest BCUT2D eigenvalue weighted by Crippen LogP contribution is -2.42. The number of aromatic nitrogens is 1. The molecule has 1 aromatic heterocycles. The first kappa shape index (κ1) is 16.7. The molecule has 0 saturated carbocycles. The molecule has 1 saturated heterocycles. The number of thioether (sulfide) groups is 1. The first-order valence-electron chi connectivity index (χ1n) is 6.71. The van der Waals surface area contributed by atoms with E-state index in [-0.39, 0.29) is 5.88 Å². The van der Waals surface area contributed by atoms with Crippen LogP contribution in [-0.2, 0) is 6.54 Å². The molecule has 1 aliphatic rings. The topological polar surface area (TPSA) is 63.7 Å². The van der Waals surface area contributed by atoms with E-state index in [0.29, 0.717) is 12.5 Å². The molecular formula is C13H17F3N4OS. The largest absolute Gasteiger partial charge is 0.468 e. The van der Waals surface area contributed by atoms with Gasteiger partial charge in [0.05, 0.1) is 6.54 Å². The fourth-order valence-electron chi connectivity index (χ4n) is 1.81. The minimum atomic E-state index is -4.37. The van der Waals surface area contributed by atoms with Crippen molar-refractivity contribution in [2.24, 2.45) is 10.7 Å². The molecule has 1 aliphatic heterocycles. The number of nitrogens with zero attached hydrogens (tertiary/aromatic N) is 3. The summed E-state index contributed by atoms with van der Waals surface area (Å²) in [5.41, 5.74) is 6.68. The lowest BCUT2D eigenvalue weighted by molar-refractivity contribution is -0.154. The zero-order chi connectivity index (χ0) is 16.0. The van der Waals surface area contributed by atoms with Crippen LogP contribution < -0.4 is 10.5 Å². The van der Waals surface area contributed by atoms with Crippen LogP contribution in [0.15, 0.2) is 23.3 Å². The summed E-state index contributed by atoms with van der Waals surface area (Å²) < 4.78 is 40.6. The highest BCUT2D eigenvalue weighted by molar-refractivity contribution is 7.99. The summed E-state index contributed by atoms with van der Waals surface area (Å²) in [5, 5.41) is 0. The van der Waals surface area contributed by atoms with E-state index in [4.69, 9.17) is 5.73 Å². The van der Waals surface area contributed by atoms with Gasteiger partial charge in [-0.2, -0.15) is 24.9 Å². The molecule has 2 N–H and O–H groups in total. The molecule has 5 nitrogen and oxygen atoms in total. The zero-order valence-corrected chi connectivity index (χ0v) is 12.7. The van der Waals surface area contributed by atoms with Crippen molar-refractivity contribution in [2.45, 2.75) is 12.7 Å². The Morgan fingerprint density at radius 1 is 1.36 bits per heavy atom. The van der Waals surface area contributed by atoms with Gasteiger partial charge in [-0.25, -0.2) is 9.98 Å². The highest BCUT2D eigenvalue weighted by atomic mass is 32.2. The van der Waals surface area contributed by atoms with Crippen molar-refractivity contribution in [1.29, 1.82) is 0 Å². The van der Waals surface area contributed by atoms with Crippen LogP contribution in [-0.4, -0.2) is 53.2 Å². The predicted octanol–water partition coefficient (Wildman–Crippen LogP) is 1.89. The van der Waals surface area contributed by atoms with Crippen LogP contribution in [0.5, 0.6) is 5.88 Å². The Morgan fingerprint density at radius 2 is 2.09 bits per heavy atom. The molecule has 1 aromatic rings. The van der Waals surface area contributed by atoms with Crippen LogP contribution in [0.1, 0.15) is 5.56 Å². The van der Waals surface area contributed by atoms with E-state index in [2.05, 4.69) is 14.7 Å². The molecule has 0 spiro atoms. The maximum atomic E-state index is 12.0. The number of hydrogen-bond acceptors (Lipinski definition) is 4. The number of ether oxygens (including phenoxy) is 1. The van der Waals surface area contributed by atoms with Crippen LogP contribution in [0.3, 0.4) is 0 Å². The summed E-state index contributed by atoms with van der Waals surface area (Å²) in [5.74, 6) is 2.48. The SMILES string of the molecule is NC(=NCc1ccc(OCC(F)(F)F)nc1)N1CCSCC1. The maximum Gasteiger partial charge on any atom is 0.422 e. The van der Waals surface area contributed by atoms with E-state index >= 15 is 0 Å². The standard InChI is InChI=1S/C13H17F3N4OS/c14-13(15,16)9-21-11-2-1-10(7-18-11)8-19-12(17)20-3-5-22-6-4-20/h1-2,7H,3-6,8-9H2,(H2,17,19). The fourth-order valence-corrected chi connectivity index (χ4v) is 2.71. The van der Waals surface area contributed by atoms with Gasteiger partial charge < -0.3 is 15.4 Å². The van der Waals surface area contributed by atoms with Gasteiger partial charge in [-0.1, -0.05) is 6.07 Å². The van der Waals surface area contributed by atoms with Crippen LogP contribution >= 0.6 is 11.8 Å². The average Bonchev–Trinajstić information content (AvgIpc) is 2.52. The number of pyridine rings is 1. The third-order valence-corrected chi connectivity index (χ3v) is 3.88. The molecule has 0 aliphatic carbocycles. The van der Waals surface area contributed by atoms with Gasteiger partial charge in [0, 0.05) is 36.9 Å². The third kappa shape index (κ3) is 5.63. The summed E-state index contributed by atoms with van der Waals surface area (Å²) in [4.78, 5) is 10.1. The Hall–Kier alpha value is -1.64. The second kappa shape index (κ2) is 7.57. The number of rotatable bonds is 4. The Kier molecular flexibility index (Phi) is 5.76. The predicted molar refractivity (Wildman–Crippen MR) is 80.0 cm³/mol. The summed E-state index contributed by atoms with van der Waals surface area (Å²) in [6.07, 6.45) is -2.93. The van der Waals surface area contributed by atoms with Crippen molar-refractivity contribution < 1.29 is 17.9 Å². The van der Waals surface area contributed by atoms with Crippen LogP contribution in [0.2, 0.25) is 0 Å². The molecule has 22 heavy (non-hydrogen) atoms. The molecule has 0 atom stereocenters. The van der Waals surface area contributed by atoms with E-state index in [0.717, 1.165) is 30.2 Å². The summed E-state index contributed by atoms with van der Waals surface area (Å²) in [6.45, 7) is 0.740. The van der Waals surface area contributed by atoms with Crippen LogP contribution in [0, 0.1) is 0 Å². The molecule has 0 amide bonds. The van der Waals surface area contributed by atoms with Gasteiger partial charge in [0.25, 0.3) is 0 Å². The number of halogens is 3. The van der Waals surface area contributed by atoms with Gasteiger partial charge in [0.1, 0.15) is 0 Å². The highest BCUT2D eigenvalue weighted by Gasteiger charge is 2.28. The monoisotopic (exact) mass is 334 g/mol. The lowest BCUT2D eigenvalue weighted by Gasteiger charge is -2.27. The first-order valence-corrected chi connectivity index (χ1v) is 7.86. The van der Waals surface area contributed by atoms with Gasteiger partial charge in [-0.3, -0.25) is 0 Å². The van der Waals surface area contributed by atoms with E-state index in [1.807, 2.05) is 16.7 Å². The molecule has 0 radical (unpaired) electrons. The Labute approximate surface area is 130 Å². The van der Waals surface area contributed by atoms with E-state index in [1.165, 1.54) is 12.3 Å². The normalized spacial score (nSPS) is 16.7. The minimum Gasteiger partial charge on any atom is -0.468 e. The Morgan fingerprint density at radius 3 is 2.68 bits per heavy atom. The molecule has 0 aromatic carbocycles. The van der Waals surface area contributed by atoms with E-state index < -0.39 is 12.8 Å². The third-order valence-electron chi connectivity index (χ3n) is 2.94. The minimum absolute atomic E-state index is 0.0638. The summed E-state index contributed by atoms with van der Waals surface area (Å²) >= 11 is 1.88. The quantitative estimate of drug-likeness (QED) is 0.673. The molecule has 1 fully saturated rings. The van der Waals surface area contributed by atoms with Crippen molar-refractivity contribution in [1.82, 2.24) is 9.88 Å². The smallest absolute Gasteiger partial charge is 0.422 e. The van der Waals surface area contributed by atoms with E-state index in [1.54, 1.807) is 6.07 Å². The molecular weight excluding hydrogens is 317 g/mol. The van der Waals surface area contributed by atoms with E-state index in [9.17, 15) is 13.2 Å². The molecule has 0 unspecified atom stereocenters. The molecule has 2 heterocycles. The van der Waals surface area contributed by atoms with Crippen LogP contribution in [0.4, 0.5) is 13.2 Å². The number of alkyl halides is 3. The van der Waals surface area contributed by atoms with Gasteiger partial charge in [-0.15, -0.1) is 0 Å². The van der Waals surface area contributed by atoms with Crippen molar-refractivity contribution in [3.05, 3.63) is 23.9 Å². The average molecular weight is 334 g/mol. The number of nitrogens with two attached hydrogens (primary N) is 1. The fraction of sp³-hybridized carbons (Fsp3) is 0.538. The van der Waals surface area contributed by atoms with Crippen molar-refractivity contribution in [2.75, 3.05) is 31.2 Å². The van der Waals surface area contributed by atoms with Crippen molar-refractivity contribution in [3.63, 3.8) is 0 Å². The van der Waals surface area contributed by atoms with Gasteiger partial charge in [-0.05, 0) is 5.56 Å². The molecule has 122 valence electrons. The summed E-state index contributed by atoms with van der Waals surface area (Å²) in [7, 11) is 0. The van der Waals surface area contributed by atoms with Gasteiger partial charge in [0.15, 0.2) is 12.6 Å². The maximum absolute atomic E-state index is 12.0. The second-order valence-corrected chi connectivity index (χ2v) is 5.91. The first-order chi connectivity index (χ1) is 10.4. The van der Waals surface area contributed by atoms with Gasteiger partial charge >= 0.3 is 6.18 Å². The molecule has 0 bridgehead atoms.